The zero-order chi connectivity index (χ0) is 21.0. The van der Waals surface area contributed by atoms with Gasteiger partial charge < -0.3 is 15.0 Å². The van der Waals surface area contributed by atoms with Crippen LogP contribution in [0, 0.1) is 6.92 Å². The third kappa shape index (κ3) is 5.07. The summed E-state index contributed by atoms with van der Waals surface area (Å²) in [7, 11) is -3.52. The average Bonchev–Trinajstić information content (AvgIpc) is 3.28. The van der Waals surface area contributed by atoms with Crippen molar-refractivity contribution in [3.8, 4) is 0 Å². The van der Waals surface area contributed by atoms with Gasteiger partial charge in [0.25, 0.3) is 0 Å². The number of nitrogen functional groups attached to an aromatic ring is 1. The van der Waals surface area contributed by atoms with Crippen molar-refractivity contribution in [2.24, 2.45) is 0 Å². The first kappa shape index (κ1) is 22.0. The topological polar surface area (TPSA) is 112 Å². The molecule has 3 N–H and O–H groups in total. The molecule has 0 aliphatic carbocycles. The Morgan fingerprint density at radius 3 is 2.83 bits per heavy atom. The Kier molecular flexibility index (Phi) is 7.12. The fourth-order valence-corrected chi connectivity index (χ4v) is 5.63. The lowest BCUT2D eigenvalue weighted by molar-refractivity contribution is 0.126. The molecule has 0 aliphatic heterocycles. The molecule has 0 aliphatic rings. The maximum Gasteiger partial charge on any atom is 0.250 e. The highest BCUT2D eigenvalue weighted by Crippen LogP contribution is 2.26. The first-order valence-corrected chi connectivity index (χ1v) is 11.9. The van der Waals surface area contributed by atoms with Crippen LogP contribution in [0.5, 0.6) is 0 Å². The van der Waals surface area contributed by atoms with Crippen LogP contribution in [0.3, 0.4) is 0 Å². The summed E-state index contributed by atoms with van der Waals surface area (Å²) in [4.78, 5) is 8.80. The number of hydrogen-bond acceptors (Lipinski definition) is 7. The first-order valence-electron chi connectivity index (χ1n) is 9.26. The van der Waals surface area contributed by atoms with Gasteiger partial charge in [-0.2, -0.15) is 0 Å². The number of rotatable bonds is 10. The van der Waals surface area contributed by atoms with Gasteiger partial charge in [0.15, 0.2) is 5.82 Å². The maximum atomic E-state index is 12.3. The van der Waals surface area contributed by atoms with Crippen molar-refractivity contribution in [3.63, 3.8) is 0 Å². The van der Waals surface area contributed by atoms with E-state index in [1.165, 1.54) is 6.07 Å². The monoisotopic (exact) mass is 457 g/mol. The molecule has 0 aromatic carbocycles. The molecule has 11 heteroatoms. The van der Waals surface area contributed by atoms with Crippen LogP contribution in [0.2, 0.25) is 4.34 Å². The smallest absolute Gasteiger partial charge is 0.250 e. The van der Waals surface area contributed by atoms with E-state index in [1.54, 1.807) is 12.3 Å². The van der Waals surface area contributed by atoms with Crippen molar-refractivity contribution in [1.82, 2.24) is 19.3 Å². The normalized spacial score (nSPS) is 12.1. The molecular formula is C18H24ClN5O3S2. The zero-order valence-corrected chi connectivity index (χ0v) is 18.7. The lowest BCUT2D eigenvalue weighted by atomic mass is 10.2. The zero-order valence-electron chi connectivity index (χ0n) is 16.3. The Morgan fingerprint density at radius 1 is 1.34 bits per heavy atom. The van der Waals surface area contributed by atoms with Crippen LogP contribution in [-0.2, 0) is 27.9 Å². The number of halogens is 1. The van der Waals surface area contributed by atoms with Gasteiger partial charge in [0.2, 0.25) is 10.0 Å². The molecule has 0 radical (unpaired) electrons. The fraction of sp³-hybridized carbons (Fsp3) is 0.444. The van der Waals surface area contributed by atoms with Gasteiger partial charge in [0, 0.05) is 25.9 Å². The molecule has 0 saturated heterocycles. The number of anilines is 1. The molecule has 0 bridgehead atoms. The standard InChI is InChI=1S/C18H24ClN5O3S2/c1-3-27-11-14-23-16-17(12(2)10-21-18(16)20)24(14)9-5-4-8-22-29(25,26)15-7-6-13(19)28-15/h6-7,10,22H,3-5,8-9,11H2,1-2H3,(H2,20,21). The van der Waals surface area contributed by atoms with Crippen LogP contribution in [0.25, 0.3) is 11.0 Å². The molecule has 0 unspecified atom stereocenters. The van der Waals surface area contributed by atoms with Gasteiger partial charge in [-0.05, 0) is 44.4 Å². The number of hydrogen-bond donors (Lipinski definition) is 2. The Labute approximate surface area is 179 Å². The number of aryl methyl sites for hydroxylation is 2. The first-order chi connectivity index (χ1) is 13.8. The summed E-state index contributed by atoms with van der Waals surface area (Å²) in [5, 5.41) is 0. The predicted molar refractivity (Wildman–Crippen MR) is 116 cm³/mol. The van der Waals surface area contributed by atoms with Crippen molar-refractivity contribution in [2.75, 3.05) is 18.9 Å². The van der Waals surface area contributed by atoms with Gasteiger partial charge in [-0.25, -0.2) is 23.1 Å². The van der Waals surface area contributed by atoms with E-state index in [9.17, 15) is 8.42 Å². The second kappa shape index (κ2) is 9.40. The van der Waals surface area contributed by atoms with Gasteiger partial charge in [0.1, 0.15) is 22.2 Å². The highest BCUT2D eigenvalue weighted by atomic mass is 35.5. The van der Waals surface area contributed by atoms with Crippen molar-refractivity contribution in [1.29, 1.82) is 0 Å². The fourth-order valence-electron chi connectivity index (χ4n) is 3.03. The Balaban J connectivity index is 1.66. The summed E-state index contributed by atoms with van der Waals surface area (Å²) in [5.41, 5.74) is 8.61. The number of nitrogens with two attached hydrogens (primary N) is 1. The molecule has 3 rings (SSSR count). The highest BCUT2D eigenvalue weighted by Gasteiger charge is 2.17. The second-order valence-corrected chi connectivity index (χ2v) is 10.2. The van der Waals surface area contributed by atoms with Gasteiger partial charge in [-0.3, -0.25) is 0 Å². The van der Waals surface area contributed by atoms with Crippen LogP contribution >= 0.6 is 22.9 Å². The number of nitrogens with zero attached hydrogens (tertiary/aromatic N) is 3. The van der Waals surface area contributed by atoms with E-state index in [4.69, 9.17) is 22.1 Å². The van der Waals surface area contributed by atoms with Crippen molar-refractivity contribution < 1.29 is 13.2 Å². The number of sulfonamides is 1. The SMILES string of the molecule is CCOCc1nc2c(N)ncc(C)c2n1CCCCNS(=O)(=O)c1ccc(Cl)s1. The molecule has 0 saturated carbocycles. The number of aromatic nitrogens is 3. The van der Waals surface area contributed by atoms with E-state index in [0.717, 1.165) is 34.7 Å². The molecule has 0 fully saturated rings. The van der Waals surface area contributed by atoms with Crippen LogP contribution < -0.4 is 10.5 Å². The average molecular weight is 458 g/mol. The minimum absolute atomic E-state index is 0.223. The van der Waals surface area contributed by atoms with Crippen molar-refractivity contribution >= 4 is 49.8 Å². The number of thiophene rings is 1. The number of fused-ring (bicyclic) bond motifs is 1. The molecule has 0 amide bonds. The van der Waals surface area contributed by atoms with E-state index in [0.29, 0.717) is 48.4 Å². The van der Waals surface area contributed by atoms with Gasteiger partial charge >= 0.3 is 0 Å². The van der Waals surface area contributed by atoms with Crippen molar-refractivity contribution in [2.45, 2.75) is 44.0 Å². The molecule has 0 atom stereocenters. The van der Waals surface area contributed by atoms with Gasteiger partial charge in [-0.1, -0.05) is 11.6 Å². The summed E-state index contributed by atoms with van der Waals surface area (Å²) in [6.45, 7) is 5.89. The molecule has 3 aromatic heterocycles. The van der Waals surface area contributed by atoms with Crippen LogP contribution in [0.1, 0.15) is 31.2 Å². The quantitative estimate of drug-likeness (QED) is 0.451. The summed E-state index contributed by atoms with van der Waals surface area (Å²) in [6, 6.07) is 3.09. The lowest BCUT2D eigenvalue weighted by Gasteiger charge is -2.11. The second-order valence-electron chi connectivity index (χ2n) is 6.50. The molecule has 8 nitrogen and oxygen atoms in total. The van der Waals surface area contributed by atoms with Crippen LogP contribution in [0.15, 0.2) is 22.5 Å². The number of nitrogens with one attached hydrogen (secondary N) is 1. The minimum Gasteiger partial charge on any atom is -0.382 e. The van der Waals surface area contributed by atoms with Gasteiger partial charge in [0.05, 0.1) is 9.85 Å². The summed E-state index contributed by atoms with van der Waals surface area (Å²) in [5.74, 6) is 1.18. The van der Waals surface area contributed by atoms with E-state index >= 15 is 0 Å². The minimum atomic E-state index is -3.52. The summed E-state index contributed by atoms with van der Waals surface area (Å²) < 4.78 is 35.4. The van der Waals surface area contributed by atoms with Crippen molar-refractivity contribution in [3.05, 3.63) is 34.1 Å². The highest BCUT2D eigenvalue weighted by molar-refractivity contribution is 7.91. The molecule has 3 heterocycles. The van der Waals surface area contributed by atoms with E-state index in [2.05, 4.69) is 19.3 Å². The number of pyridine rings is 1. The molecule has 158 valence electrons. The molecular weight excluding hydrogens is 434 g/mol. The van der Waals surface area contributed by atoms with E-state index in [-0.39, 0.29) is 4.21 Å². The Morgan fingerprint density at radius 2 is 2.14 bits per heavy atom. The largest absolute Gasteiger partial charge is 0.382 e. The maximum absolute atomic E-state index is 12.3. The number of imidazole rings is 1. The Bertz CT molecular complexity index is 1090. The van der Waals surface area contributed by atoms with E-state index < -0.39 is 10.0 Å². The van der Waals surface area contributed by atoms with Crippen LogP contribution in [-0.4, -0.2) is 36.1 Å². The molecule has 29 heavy (non-hydrogen) atoms. The predicted octanol–water partition coefficient (Wildman–Crippen LogP) is 3.33. The molecule has 3 aromatic rings. The number of unbranched alkanes of at least 4 members (excludes halogenated alkanes) is 1. The Hall–Kier alpha value is -1.72. The van der Waals surface area contributed by atoms with Gasteiger partial charge in [-0.15, -0.1) is 11.3 Å². The third-order valence-corrected chi connectivity index (χ3v) is 7.59. The van der Waals surface area contributed by atoms with E-state index in [1.807, 2.05) is 13.8 Å². The third-order valence-electron chi connectivity index (χ3n) is 4.41. The summed E-state index contributed by atoms with van der Waals surface area (Å²) in [6.07, 6.45) is 3.17. The number of ether oxygens (including phenoxy) is 1. The summed E-state index contributed by atoms with van der Waals surface area (Å²) >= 11 is 6.87. The lowest BCUT2D eigenvalue weighted by Crippen LogP contribution is -2.24. The molecule has 0 spiro atoms. The van der Waals surface area contributed by atoms with Crippen LogP contribution in [0.4, 0.5) is 5.82 Å².